The first kappa shape index (κ1) is 16.2. The molecule has 1 atom stereocenters. The zero-order valence-electron chi connectivity index (χ0n) is 14.8. The number of aromatic nitrogens is 2. The van der Waals surface area contributed by atoms with Crippen molar-refractivity contribution in [2.75, 3.05) is 18.0 Å². The molecular weight excluding hydrogens is 284 g/mol. The summed E-state index contributed by atoms with van der Waals surface area (Å²) in [4.78, 5) is 11.9. The summed E-state index contributed by atoms with van der Waals surface area (Å²) in [6, 6.07) is 7.65. The van der Waals surface area contributed by atoms with Crippen LogP contribution in [0.25, 0.3) is 10.9 Å². The second-order valence-corrected chi connectivity index (χ2v) is 6.87. The summed E-state index contributed by atoms with van der Waals surface area (Å²) >= 11 is 0. The van der Waals surface area contributed by atoms with E-state index in [0.717, 1.165) is 30.2 Å². The van der Waals surface area contributed by atoms with Crippen molar-refractivity contribution in [2.45, 2.75) is 59.0 Å². The lowest BCUT2D eigenvalue weighted by Crippen LogP contribution is -2.45. The SMILES string of the molecule is CCC(C)NC1CCN(c2nc(C)c3cc(C)ccc3n2)CC1. The van der Waals surface area contributed by atoms with Gasteiger partial charge in [0, 0.05) is 30.6 Å². The first-order valence-corrected chi connectivity index (χ1v) is 8.83. The summed E-state index contributed by atoms with van der Waals surface area (Å²) in [5.41, 5.74) is 3.39. The molecule has 0 aliphatic carbocycles. The molecule has 1 unspecified atom stereocenters. The van der Waals surface area contributed by atoms with Gasteiger partial charge in [-0.3, -0.25) is 0 Å². The number of hydrogen-bond acceptors (Lipinski definition) is 4. The van der Waals surface area contributed by atoms with Gasteiger partial charge in [0.05, 0.1) is 11.2 Å². The molecule has 4 nitrogen and oxygen atoms in total. The lowest BCUT2D eigenvalue weighted by atomic mass is 10.0. The summed E-state index contributed by atoms with van der Waals surface area (Å²) in [6.07, 6.45) is 3.52. The van der Waals surface area contributed by atoms with Gasteiger partial charge in [0.15, 0.2) is 0 Å². The Morgan fingerprint density at radius 3 is 2.65 bits per heavy atom. The zero-order chi connectivity index (χ0) is 16.4. The van der Waals surface area contributed by atoms with Crippen LogP contribution in [-0.4, -0.2) is 35.1 Å². The Hall–Kier alpha value is -1.68. The Morgan fingerprint density at radius 2 is 1.96 bits per heavy atom. The molecule has 4 heteroatoms. The van der Waals surface area contributed by atoms with Crippen LogP contribution in [0.3, 0.4) is 0 Å². The van der Waals surface area contributed by atoms with Crippen molar-refractivity contribution in [1.82, 2.24) is 15.3 Å². The number of fused-ring (bicyclic) bond motifs is 1. The normalized spacial score (nSPS) is 17.7. The molecule has 1 N–H and O–H groups in total. The van der Waals surface area contributed by atoms with E-state index in [-0.39, 0.29) is 0 Å². The molecule has 2 heterocycles. The van der Waals surface area contributed by atoms with E-state index in [9.17, 15) is 0 Å². The average Bonchev–Trinajstić information content (AvgIpc) is 2.56. The minimum absolute atomic E-state index is 0.606. The van der Waals surface area contributed by atoms with Crippen molar-refractivity contribution in [3.05, 3.63) is 29.5 Å². The highest BCUT2D eigenvalue weighted by Gasteiger charge is 2.22. The molecule has 1 aromatic heterocycles. The number of rotatable bonds is 4. The number of nitrogens with one attached hydrogen (secondary N) is 1. The summed E-state index contributed by atoms with van der Waals surface area (Å²) in [5, 5.41) is 4.89. The second kappa shape index (κ2) is 6.83. The van der Waals surface area contributed by atoms with Gasteiger partial charge in [-0.2, -0.15) is 0 Å². The van der Waals surface area contributed by atoms with Crippen molar-refractivity contribution in [1.29, 1.82) is 0 Å². The van der Waals surface area contributed by atoms with E-state index >= 15 is 0 Å². The molecule has 2 aromatic rings. The predicted octanol–water partition coefficient (Wildman–Crippen LogP) is 3.60. The van der Waals surface area contributed by atoms with Crippen LogP contribution < -0.4 is 10.2 Å². The molecule has 1 fully saturated rings. The molecule has 3 rings (SSSR count). The molecule has 23 heavy (non-hydrogen) atoms. The highest BCUT2D eigenvalue weighted by Crippen LogP contribution is 2.22. The third-order valence-corrected chi connectivity index (χ3v) is 4.94. The lowest BCUT2D eigenvalue weighted by molar-refractivity contribution is 0.370. The van der Waals surface area contributed by atoms with Gasteiger partial charge < -0.3 is 10.2 Å². The van der Waals surface area contributed by atoms with Crippen LogP contribution >= 0.6 is 0 Å². The maximum Gasteiger partial charge on any atom is 0.226 e. The van der Waals surface area contributed by atoms with E-state index in [2.05, 4.69) is 56.1 Å². The van der Waals surface area contributed by atoms with Crippen LogP contribution in [0, 0.1) is 13.8 Å². The minimum Gasteiger partial charge on any atom is -0.341 e. The van der Waals surface area contributed by atoms with Gasteiger partial charge in [0.2, 0.25) is 5.95 Å². The number of anilines is 1. The average molecular weight is 312 g/mol. The lowest BCUT2D eigenvalue weighted by Gasteiger charge is -2.34. The number of nitrogens with zero attached hydrogens (tertiary/aromatic N) is 3. The van der Waals surface area contributed by atoms with E-state index in [1.165, 1.54) is 30.2 Å². The highest BCUT2D eigenvalue weighted by atomic mass is 15.3. The minimum atomic E-state index is 0.606. The van der Waals surface area contributed by atoms with Crippen LogP contribution in [-0.2, 0) is 0 Å². The van der Waals surface area contributed by atoms with Crippen molar-refractivity contribution >= 4 is 16.9 Å². The Bertz CT molecular complexity index is 674. The molecule has 0 amide bonds. The van der Waals surface area contributed by atoms with Gasteiger partial charge in [0.1, 0.15) is 0 Å². The van der Waals surface area contributed by atoms with Crippen molar-refractivity contribution in [3.8, 4) is 0 Å². The number of benzene rings is 1. The molecule has 0 saturated carbocycles. The first-order chi connectivity index (χ1) is 11.1. The third kappa shape index (κ3) is 3.63. The van der Waals surface area contributed by atoms with Gasteiger partial charge in [-0.1, -0.05) is 18.6 Å². The largest absolute Gasteiger partial charge is 0.341 e. The molecule has 124 valence electrons. The van der Waals surface area contributed by atoms with Crippen LogP contribution in [0.1, 0.15) is 44.4 Å². The zero-order valence-corrected chi connectivity index (χ0v) is 14.8. The van der Waals surface area contributed by atoms with Gasteiger partial charge in [-0.25, -0.2) is 9.97 Å². The molecule has 1 aliphatic rings. The molecule has 0 bridgehead atoms. The monoisotopic (exact) mass is 312 g/mol. The van der Waals surface area contributed by atoms with E-state index in [4.69, 9.17) is 9.97 Å². The van der Waals surface area contributed by atoms with Gasteiger partial charge in [-0.15, -0.1) is 0 Å². The van der Waals surface area contributed by atoms with Crippen LogP contribution in [0.15, 0.2) is 18.2 Å². The Morgan fingerprint density at radius 1 is 1.22 bits per heavy atom. The van der Waals surface area contributed by atoms with E-state index in [1.54, 1.807) is 0 Å². The maximum absolute atomic E-state index is 4.80. The topological polar surface area (TPSA) is 41.0 Å². The quantitative estimate of drug-likeness (QED) is 0.936. The van der Waals surface area contributed by atoms with Crippen LogP contribution in [0.4, 0.5) is 5.95 Å². The fourth-order valence-corrected chi connectivity index (χ4v) is 3.29. The van der Waals surface area contributed by atoms with E-state index in [1.807, 2.05) is 0 Å². The van der Waals surface area contributed by atoms with Crippen LogP contribution in [0.2, 0.25) is 0 Å². The molecule has 1 aromatic carbocycles. The van der Waals surface area contributed by atoms with Crippen molar-refractivity contribution < 1.29 is 0 Å². The maximum atomic E-state index is 4.80. The van der Waals surface area contributed by atoms with Crippen molar-refractivity contribution in [2.24, 2.45) is 0 Å². The van der Waals surface area contributed by atoms with Gasteiger partial charge in [0.25, 0.3) is 0 Å². The van der Waals surface area contributed by atoms with Crippen LogP contribution in [0.5, 0.6) is 0 Å². The molecular formula is C19H28N4. The second-order valence-electron chi connectivity index (χ2n) is 6.87. The predicted molar refractivity (Wildman–Crippen MR) is 97.1 cm³/mol. The van der Waals surface area contributed by atoms with Gasteiger partial charge in [-0.05, 0) is 52.2 Å². The Labute approximate surface area is 139 Å². The summed E-state index contributed by atoms with van der Waals surface area (Å²) in [7, 11) is 0. The Balaban J connectivity index is 1.73. The number of piperidine rings is 1. The van der Waals surface area contributed by atoms with E-state index < -0.39 is 0 Å². The Kier molecular flexibility index (Phi) is 4.81. The molecule has 1 saturated heterocycles. The highest BCUT2D eigenvalue weighted by molar-refractivity contribution is 5.82. The van der Waals surface area contributed by atoms with Gasteiger partial charge >= 0.3 is 0 Å². The van der Waals surface area contributed by atoms with E-state index in [0.29, 0.717) is 12.1 Å². The number of aryl methyl sites for hydroxylation is 2. The smallest absolute Gasteiger partial charge is 0.226 e. The third-order valence-electron chi connectivity index (χ3n) is 4.94. The molecule has 0 radical (unpaired) electrons. The summed E-state index contributed by atoms with van der Waals surface area (Å²) in [5.74, 6) is 0.890. The number of hydrogen-bond donors (Lipinski definition) is 1. The standard InChI is InChI=1S/C19H28N4/c1-5-14(3)20-16-8-10-23(11-9-16)19-21-15(4)17-12-13(2)6-7-18(17)22-19/h6-7,12,14,16,20H,5,8-11H2,1-4H3. The fraction of sp³-hybridized carbons (Fsp3) is 0.579. The summed E-state index contributed by atoms with van der Waals surface area (Å²) < 4.78 is 0. The molecule has 1 aliphatic heterocycles. The van der Waals surface area contributed by atoms with Crippen molar-refractivity contribution in [3.63, 3.8) is 0 Å². The first-order valence-electron chi connectivity index (χ1n) is 8.83. The summed E-state index contributed by atoms with van der Waals surface area (Å²) in [6.45, 7) is 10.8. The fourth-order valence-electron chi connectivity index (χ4n) is 3.29. The molecule has 0 spiro atoms.